The molecular weight excluding hydrogens is 390 g/mol. The molecule has 1 atom stereocenters. The minimum absolute atomic E-state index is 0.0580. The molecule has 1 amide bonds. The van der Waals surface area contributed by atoms with E-state index in [1.54, 1.807) is 21.2 Å². The number of rotatable bonds is 5. The zero-order valence-corrected chi connectivity index (χ0v) is 17.8. The summed E-state index contributed by atoms with van der Waals surface area (Å²) in [7, 11) is 5.11. The van der Waals surface area contributed by atoms with Crippen LogP contribution in [0.4, 0.5) is 0 Å². The molecule has 0 radical (unpaired) electrons. The fourth-order valence-electron chi connectivity index (χ4n) is 3.96. The molecule has 31 heavy (non-hydrogen) atoms. The van der Waals surface area contributed by atoms with Crippen molar-refractivity contribution >= 4 is 11.9 Å². The smallest absolute Gasteiger partial charge is 0.266 e. The van der Waals surface area contributed by atoms with Crippen LogP contribution in [0.15, 0.2) is 77.8 Å². The Morgan fingerprint density at radius 3 is 2.29 bits per heavy atom. The van der Waals surface area contributed by atoms with E-state index in [1.165, 1.54) is 4.90 Å². The van der Waals surface area contributed by atoms with E-state index < -0.39 is 5.54 Å². The number of aliphatic imine (C=N–C) groups is 1. The zero-order chi connectivity index (χ0) is 22.0. The van der Waals surface area contributed by atoms with Crippen LogP contribution in [0.25, 0.3) is 11.1 Å². The Kier molecular flexibility index (Phi) is 5.48. The van der Waals surface area contributed by atoms with Crippen molar-refractivity contribution in [3.8, 4) is 16.9 Å². The van der Waals surface area contributed by atoms with E-state index in [2.05, 4.69) is 5.32 Å². The number of benzene rings is 3. The number of aliphatic hydroxyl groups excluding tert-OH is 1. The number of amides is 1. The van der Waals surface area contributed by atoms with Crippen LogP contribution >= 0.6 is 0 Å². The van der Waals surface area contributed by atoms with Gasteiger partial charge in [-0.25, -0.2) is 4.99 Å². The van der Waals surface area contributed by atoms with Crippen molar-refractivity contribution in [3.05, 3.63) is 89.5 Å². The molecule has 0 aromatic heterocycles. The van der Waals surface area contributed by atoms with Crippen molar-refractivity contribution in [2.24, 2.45) is 4.99 Å². The summed E-state index contributed by atoms with van der Waals surface area (Å²) in [4.78, 5) is 20.0. The summed E-state index contributed by atoms with van der Waals surface area (Å²) in [6.45, 7) is -0.0580. The quantitative estimate of drug-likeness (QED) is 0.671. The predicted octanol–water partition coefficient (Wildman–Crippen LogP) is 3.15. The maximum atomic E-state index is 13.6. The van der Waals surface area contributed by atoms with Crippen LogP contribution < -0.4 is 10.1 Å². The van der Waals surface area contributed by atoms with Gasteiger partial charge in [-0.3, -0.25) is 9.69 Å². The largest absolute Gasteiger partial charge is 0.497 e. The monoisotopic (exact) mass is 415 g/mol. The van der Waals surface area contributed by atoms with Gasteiger partial charge in [-0.1, -0.05) is 54.6 Å². The minimum Gasteiger partial charge on any atom is -0.497 e. The van der Waals surface area contributed by atoms with Crippen LogP contribution in [0, 0.1) is 0 Å². The van der Waals surface area contributed by atoms with Gasteiger partial charge >= 0.3 is 0 Å². The highest BCUT2D eigenvalue weighted by molar-refractivity contribution is 6.09. The summed E-state index contributed by atoms with van der Waals surface area (Å²) >= 11 is 0. The highest BCUT2D eigenvalue weighted by atomic mass is 16.5. The van der Waals surface area contributed by atoms with E-state index in [9.17, 15) is 9.90 Å². The number of carbonyl (C=O) groups excluding carboxylic acids is 1. The van der Waals surface area contributed by atoms with Gasteiger partial charge in [-0.2, -0.15) is 0 Å². The molecule has 0 aliphatic carbocycles. The van der Waals surface area contributed by atoms with Crippen molar-refractivity contribution in [1.82, 2.24) is 10.2 Å². The first-order chi connectivity index (χ1) is 15.0. The average molecular weight is 415 g/mol. The molecular formula is C25H25N3O3. The van der Waals surface area contributed by atoms with E-state index in [0.29, 0.717) is 5.96 Å². The second-order valence-electron chi connectivity index (χ2n) is 7.43. The number of hydrogen-bond acceptors (Lipinski definition) is 5. The molecule has 158 valence electrons. The highest BCUT2D eigenvalue weighted by Gasteiger charge is 2.49. The Balaban J connectivity index is 1.91. The second-order valence-corrected chi connectivity index (χ2v) is 7.43. The normalized spacial score (nSPS) is 18.1. The Bertz CT molecular complexity index is 1140. The van der Waals surface area contributed by atoms with Gasteiger partial charge in [0.05, 0.1) is 13.7 Å². The van der Waals surface area contributed by atoms with Gasteiger partial charge in [0.1, 0.15) is 5.75 Å². The summed E-state index contributed by atoms with van der Waals surface area (Å²) in [6, 6.07) is 23.1. The number of nitrogens with one attached hydrogen (secondary N) is 1. The lowest BCUT2D eigenvalue weighted by molar-refractivity contribution is -0.129. The van der Waals surface area contributed by atoms with Crippen molar-refractivity contribution in [3.63, 3.8) is 0 Å². The first-order valence-corrected chi connectivity index (χ1v) is 10.0. The predicted molar refractivity (Wildman–Crippen MR) is 121 cm³/mol. The number of ether oxygens (including phenoxy) is 1. The molecule has 1 aliphatic heterocycles. The number of nitrogens with zero attached hydrogens (tertiary/aromatic N) is 2. The molecule has 3 aromatic rings. The van der Waals surface area contributed by atoms with Gasteiger partial charge in [-0.05, 0) is 46.0 Å². The Hall–Kier alpha value is -3.64. The molecule has 0 saturated heterocycles. The second kappa shape index (κ2) is 8.24. The molecule has 2 N–H and O–H groups in total. The average Bonchev–Trinajstić information content (AvgIpc) is 3.10. The molecule has 6 heteroatoms. The van der Waals surface area contributed by atoms with Crippen LogP contribution in [-0.2, 0) is 16.9 Å². The maximum Gasteiger partial charge on any atom is 0.266 e. The van der Waals surface area contributed by atoms with Gasteiger partial charge in [0.15, 0.2) is 5.54 Å². The van der Waals surface area contributed by atoms with E-state index in [0.717, 1.165) is 33.6 Å². The molecule has 1 aliphatic rings. The number of carbonyl (C=O) groups is 1. The fourth-order valence-corrected chi connectivity index (χ4v) is 3.96. The van der Waals surface area contributed by atoms with Crippen LogP contribution in [0.1, 0.15) is 16.7 Å². The Morgan fingerprint density at radius 2 is 1.68 bits per heavy atom. The lowest BCUT2D eigenvalue weighted by Crippen LogP contribution is -2.41. The maximum absolute atomic E-state index is 13.6. The fraction of sp³-hybridized carbons (Fsp3) is 0.200. The third-order valence-corrected chi connectivity index (χ3v) is 5.67. The lowest BCUT2D eigenvalue weighted by atomic mass is 9.81. The van der Waals surface area contributed by atoms with Crippen LogP contribution in [-0.4, -0.2) is 43.1 Å². The molecule has 0 bridgehead atoms. The molecule has 0 spiro atoms. The summed E-state index contributed by atoms with van der Waals surface area (Å²) in [5.74, 6) is 1.13. The molecule has 0 saturated carbocycles. The molecule has 1 unspecified atom stereocenters. The van der Waals surface area contributed by atoms with Crippen LogP contribution in [0.3, 0.4) is 0 Å². The molecule has 3 aromatic carbocycles. The lowest BCUT2D eigenvalue weighted by Gasteiger charge is -2.26. The number of likely N-dealkylation sites (N-methyl/N-ethyl adjacent to an activating group) is 1. The first-order valence-electron chi connectivity index (χ1n) is 10.0. The standard InChI is InChI=1S/C25H25N3O3/c1-26-24-27-25(23(30)28(24)2,20-12-10-17(16-29)11-13-20)21-8-4-6-18(14-21)19-7-5-9-22(15-19)31-3/h4-15,29H,16H2,1-3H3,(H,26,27). The van der Waals surface area contributed by atoms with Crippen molar-refractivity contribution in [2.75, 3.05) is 21.2 Å². The van der Waals surface area contributed by atoms with Gasteiger partial charge < -0.3 is 15.2 Å². The van der Waals surface area contributed by atoms with E-state index in [4.69, 9.17) is 9.73 Å². The van der Waals surface area contributed by atoms with Crippen molar-refractivity contribution in [2.45, 2.75) is 12.1 Å². The Labute approximate surface area is 181 Å². The summed E-state index contributed by atoms with van der Waals surface area (Å²) in [5.41, 5.74) is 3.03. The molecule has 6 nitrogen and oxygen atoms in total. The summed E-state index contributed by atoms with van der Waals surface area (Å²) < 4.78 is 5.37. The third-order valence-electron chi connectivity index (χ3n) is 5.67. The van der Waals surface area contributed by atoms with Crippen molar-refractivity contribution in [1.29, 1.82) is 0 Å². The number of aliphatic hydroxyl groups is 1. The van der Waals surface area contributed by atoms with Crippen LogP contribution in [0.5, 0.6) is 5.75 Å². The summed E-state index contributed by atoms with van der Waals surface area (Å²) in [5, 5.41) is 12.5. The number of hydrogen-bond donors (Lipinski definition) is 2. The zero-order valence-electron chi connectivity index (χ0n) is 17.8. The number of guanidine groups is 1. The van der Waals surface area contributed by atoms with Gasteiger partial charge in [0.2, 0.25) is 5.96 Å². The SMILES string of the molecule is CNC1=NC(c2ccc(CO)cc2)(c2cccc(-c3cccc(OC)c3)c2)C(=O)N1C. The van der Waals surface area contributed by atoms with E-state index in [-0.39, 0.29) is 12.5 Å². The van der Waals surface area contributed by atoms with Crippen molar-refractivity contribution < 1.29 is 14.6 Å². The first kappa shape index (κ1) is 20.6. The minimum atomic E-state index is -1.21. The van der Waals surface area contributed by atoms with E-state index in [1.807, 2.05) is 72.8 Å². The van der Waals surface area contributed by atoms with Gasteiger partial charge in [0, 0.05) is 14.1 Å². The number of methoxy groups -OCH3 is 1. The molecule has 4 rings (SSSR count). The molecule has 0 fully saturated rings. The Morgan fingerprint density at radius 1 is 1.00 bits per heavy atom. The topological polar surface area (TPSA) is 74.2 Å². The van der Waals surface area contributed by atoms with Crippen LogP contribution in [0.2, 0.25) is 0 Å². The third kappa shape index (κ3) is 3.45. The van der Waals surface area contributed by atoms with Gasteiger partial charge in [0.25, 0.3) is 5.91 Å². The summed E-state index contributed by atoms with van der Waals surface area (Å²) in [6.07, 6.45) is 0. The molecule has 1 heterocycles. The highest BCUT2D eigenvalue weighted by Crippen LogP contribution is 2.41. The van der Waals surface area contributed by atoms with E-state index >= 15 is 0 Å². The van der Waals surface area contributed by atoms with Gasteiger partial charge in [-0.15, -0.1) is 0 Å².